The molecule has 4 N–H and O–H groups in total. The van der Waals surface area contributed by atoms with Crippen molar-refractivity contribution in [3.63, 3.8) is 0 Å². The highest BCUT2D eigenvalue weighted by Gasteiger charge is 2.33. The van der Waals surface area contributed by atoms with Crippen LogP contribution in [0.25, 0.3) is 0 Å². The van der Waals surface area contributed by atoms with E-state index >= 15 is 0 Å². The van der Waals surface area contributed by atoms with Crippen LogP contribution in [0.5, 0.6) is 0 Å². The lowest BCUT2D eigenvalue weighted by atomic mass is 10.0. The van der Waals surface area contributed by atoms with Gasteiger partial charge in [-0.1, -0.05) is 11.3 Å². The predicted octanol–water partition coefficient (Wildman–Crippen LogP) is 3.74. The number of carbonyl (C=O) groups is 3. The second-order valence-corrected chi connectivity index (χ2v) is 11.3. The Morgan fingerprint density at radius 1 is 1.28 bits per heavy atom. The summed E-state index contributed by atoms with van der Waals surface area (Å²) in [6.45, 7) is 5.55. The van der Waals surface area contributed by atoms with E-state index in [-0.39, 0.29) is 23.3 Å². The first kappa shape index (κ1) is 27.8. The number of aryl methyl sites for hydroxylation is 1. The van der Waals surface area contributed by atoms with Gasteiger partial charge in [0.05, 0.1) is 30.2 Å². The van der Waals surface area contributed by atoms with Crippen molar-refractivity contribution in [3.8, 4) is 0 Å². The third-order valence-electron chi connectivity index (χ3n) is 5.23. The van der Waals surface area contributed by atoms with Crippen molar-refractivity contribution in [2.45, 2.75) is 57.5 Å². The minimum Gasteiger partial charge on any atom is -0.465 e. The molecule has 15 heteroatoms. The number of halogens is 1. The minimum absolute atomic E-state index is 0.0769. The molecule has 0 bridgehead atoms. The highest BCUT2D eigenvalue weighted by molar-refractivity contribution is 9.11. The molecule has 0 aliphatic carbocycles. The van der Waals surface area contributed by atoms with Crippen molar-refractivity contribution >= 4 is 56.0 Å². The van der Waals surface area contributed by atoms with Gasteiger partial charge < -0.3 is 30.0 Å². The van der Waals surface area contributed by atoms with Gasteiger partial charge >= 0.3 is 12.2 Å². The van der Waals surface area contributed by atoms with Gasteiger partial charge in [0.15, 0.2) is 9.61 Å². The van der Waals surface area contributed by atoms with Gasteiger partial charge in [0.2, 0.25) is 0 Å². The van der Waals surface area contributed by atoms with Gasteiger partial charge in [0.1, 0.15) is 22.8 Å². The molecule has 1 aliphatic rings. The summed E-state index contributed by atoms with van der Waals surface area (Å²) in [7, 11) is 3.27. The van der Waals surface area contributed by atoms with Crippen LogP contribution in [0.4, 0.5) is 20.3 Å². The van der Waals surface area contributed by atoms with Gasteiger partial charge in [0, 0.05) is 14.2 Å². The van der Waals surface area contributed by atoms with Crippen molar-refractivity contribution in [2.24, 2.45) is 7.05 Å². The molecule has 0 spiro atoms. The number of nitrogens with zero attached hydrogens (tertiary/aromatic N) is 3. The Labute approximate surface area is 220 Å². The van der Waals surface area contributed by atoms with E-state index in [0.29, 0.717) is 28.1 Å². The molecular formula is C21H29BrN6O7S. The van der Waals surface area contributed by atoms with E-state index in [1.54, 1.807) is 39.6 Å². The van der Waals surface area contributed by atoms with Gasteiger partial charge in [0.25, 0.3) is 5.91 Å². The molecule has 36 heavy (non-hydrogen) atoms. The van der Waals surface area contributed by atoms with Crippen LogP contribution < -0.4 is 16.0 Å². The molecule has 2 aromatic heterocycles. The number of anilines is 2. The highest BCUT2D eigenvalue weighted by atomic mass is 79.9. The first-order valence-electron chi connectivity index (χ1n) is 11.0. The largest absolute Gasteiger partial charge is 0.465 e. The van der Waals surface area contributed by atoms with Crippen LogP contribution in [0.3, 0.4) is 0 Å². The van der Waals surface area contributed by atoms with Gasteiger partial charge in [-0.2, -0.15) is 5.10 Å². The average Bonchev–Trinajstić information content (AvgIpc) is 3.22. The summed E-state index contributed by atoms with van der Waals surface area (Å²) in [5.74, 6) is -0.609. The molecule has 3 amide bonds. The van der Waals surface area contributed by atoms with Crippen LogP contribution >= 0.6 is 27.3 Å². The Hall–Kier alpha value is -2.75. The maximum atomic E-state index is 12.9. The zero-order chi connectivity index (χ0) is 26.6. The molecule has 0 unspecified atom stereocenters. The molecule has 1 saturated heterocycles. The van der Waals surface area contributed by atoms with E-state index < -0.39 is 35.9 Å². The molecule has 1 aliphatic heterocycles. The number of rotatable bonds is 6. The standard InChI is InChI=1S/C21H29BrN6O7S/c1-21(2,3)35-20(32)25-10-6-7-12(34-9-13(10)33-5)15-11(8-23-28(15)4)24-16(29)14-17(27-19(30)31)36-18(22)26-14/h8,10,12-13,27H,6-7,9H2,1-5H3,(H,24,29)(H,25,32)(H,30,31)/t10-,12+,13-/m1/s1. The third kappa shape index (κ3) is 7.15. The van der Waals surface area contributed by atoms with Gasteiger partial charge in [-0.05, 0) is 49.5 Å². The molecule has 13 nitrogen and oxygen atoms in total. The number of alkyl carbamates (subject to hydrolysis) is 1. The topological polar surface area (TPSA) is 166 Å². The molecular weight excluding hydrogens is 560 g/mol. The van der Waals surface area contributed by atoms with Crippen LogP contribution in [-0.4, -0.2) is 69.4 Å². The number of thiazole rings is 1. The lowest BCUT2D eigenvalue weighted by Crippen LogP contribution is -2.46. The Morgan fingerprint density at radius 2 is 2.00 bits per heavy atom. The fraction of sp³-hybridized carbons (Fsp3) is 0.571. The molecule has 1 fully saturated rings. The molecule has 3 rings (SSSR count). The van der Waals surface area contributed by atoms with E-state index in [9.17, 15) is 14.4 Å². The Kier molecular flexibility index (Phi) is 8.92. The summed E-state index contributed by atoms with van der Waals surface area (Å²) in [5, 5.41) is 21.2. The number of hydrogen-bond donors (Lipinski definition) is 4. The maximum Gasteiger partial charge on any atom is 0.409 e. The monoisotopic (exact) mass is 588 g/mol. The van der Waals surface area contributed by atoms with Gasteiger partial charge in [-0.3, -0.25) is 14.8 Å². The number of ether oxygens (including phenoxy) is 3. The number of amides is 3. The van der Waals surface area contributed by atoms with Crippen molar-refractivity contribution in [1.29, 1.82) is 0 Å². The fourth-order valence-electron chi connectivity index (χ4n) is 3.74. The summed E-state index contributed by atoms with van der Waals surface area (Å²) >= 11 is 4.16. The lowest BCUT2D eigenvalue weighted by Gasteiger charge is -2.26. The summed E-state index contributed by atoms with van der Waals surface area (Å²) in [6.07, 6.45) is -0.223. The zero-order valence-corrected chi connectivity index (χ0v) is 22.9. The molecule has 0 saturated carbocycles. The Morgan fingerprint density at radius 3 is 2.64 bits per heavy atom. The van der Waals surface area contributed by atoms with Crippen LogP contribution in [0.1, 0.15) is 55.9 Å². The molecule has 2 aromatic rings. The van der Waals surface area contributed by atoms with E-state index in [1.807, 2.05) is 0 Å². The first-order valence-corrected chi connectivity index (χ1v) is 12.6. The summed E-state index contributed by atoms with van der Waals surface area (Å²) in [5.41, 5.74) is 0.292. The minimum atomic E-state index is -1.31. The number of aromatic nitrogens is 3. The molecule has 3 heterocycles. The summed E-state index contributed by atoms with van der Waals surface area (Å²) < 4.78 is 19.0. The Bertz CT molecular complexity index is 1110. The zero-order valence-electron chi connectivity index (χ0n) is 20.5. The second kappa shape index (κ2) is 11.5. The average molecular weight is 589 g/mol. The molecule has 3 atom stereocenters. The molecule has 198 valence electrons. The number of carbonyl (C=O) groups excluding carboxylic acids is 2. The Balaban J connectivity index is 1.76. The lowest BCUT2D eigenvalue weighted by molar-refractivity contribution is -0.0263. The third-order valence-corrected chi connectivity index (χ3v) is 6.65. The smallest absolute Gasteiger partial charge is 0.409 e. The SMILES string of the molecule is CO[C@@H]1CO[C@H](c2c(NC(=O)c3nc(Br)sc3NC(=O)O)cnn2C)CC[C@H]1NC(=O)OC(C)(C)C. The highest BCUT2D eigenvalue weighted by Crippen LogP contribution is 2.34. The summed E-state index contributed by atoms with van der Waals surface area (Å²) in [4.78, 5) is 40.4. The number of carboxylic acid groups (broad SMARTS) is 1. The first-order chi connectivity index (χ1) is 16.9. The molecule has 0 aromatic carbocycles. The predicted molar refractivity (Wildman–Crippen MR) is 135 cm³/mol. The van der Waals surface area contributed by atoms with Crippen molar-refractivity contribution < 1.29 is 33.7 Å². The van der Waals surface area contributed by atoms with Gasteiger partial charge in [-0.15, -0.1) is 0 Å². The van der Waals surface area contributed by atoms with Crippen LogP contribution in [-0.2, 0) is 21.3 Å². The van der Waals surface area contributed by atoms with E-state index in [1.165, 1.54) is 6.20 Å². The fourth-order valence-corrected chi connectivity index (χ4v) is 5.08. The number of nitrogens with one attached hydrogen (secondary N) is 3. The van der Waals surface area contributed by atoms with Crippen molar-refractivity contribution in [2.75, 3.05) is 24.4 Å². The summed E-state index contributed by atoms with van der Waals surface area (Å²) in [6, 6.07) is -0.349. The van der Waals surface area contributed by atoms with Crippen molar-refractivity contribution in [3.05, 3.63) is 21.5 Å². The van der Waals surface area contributed by atoms with Crippen LogP contribution in [0.2, 0.25) is 0 Å². The maximum absolute atomic E-state index is 12.9. The van der Waals surface area contributed by atoms with Gasteiger partial charge in [-0.25, -0.2) is 14.6 Å². The van der Waals surface area contributed by atoms with Crippen LogP contribution in [0.15, 0.2) is 10.1 Å². The van der Waals surface area contributed by atoms with E-state index in [2.05, 4.69) is 42.0 Å². The van der Waals surface area contributed by atoms with E-state index in [0.717, 1.165) is 11.3 Å². The number of methoxy groups -OCH3 is 1. The quantitative estimate of drug-likeness (QED) is 0.393. The number of hydrogen-bond acceptors (Lipinski definition) is 9. The van der Waals surface area contributed by atoms with E-state index in [4.69, 9.17) is 19.3 Å². The second-order valence-electron chi connectivity index (χ2n) is 9.02. The van der Waals surface area contributed by atoms with Crippen LogP contribution in [0, 0.1) is 0 Å². The van der Waals surface area contributed by atoms with Crippen molar-refractivity contribution in [1.82, 2.24) is 20.1 Å². The molecule has 0 radical (unpaired) electrons. The normalized spacial score (nSPS) is 20.3.